The van der Waals surface area contributed by atoms with Crippen molar-refractivity contribution in [3.8, 4) is 6.07 Å². The standard InChI is InChI=1S/C22H21N5O/c1-2-16-9-18-13-24-19(10-21(18)26-22(16)28)14-27-7-5-17(6-8-27)20-4-3-15(11-23)12-25-20/h3-5,9-10,12-13H,2,6-8,14H2,1H3,(H,26,28). The van der Waals surface area contributed by atoms with E-state index >= 15 is 0 Å². The second-order valence-electron chi connectivity index (χ2n) is 7.00. The van der Waals surface area contributed by atoms with Gasteiger partial charge in [0.25, 0.3) is 5.56 Å². The van der Waals surface area contributed by atoms with Gasteiger partial charge in [-0.05, 0) is 42.7 Å². The third-order valence-corrected chi connectivity index (χ3v) is 5.14. The van der Waals surface area contributed by atoms with Crippen molar-refractivity contribution >= 4 is 16.5 Å². The lowest BCUT2D eigenvalue weighted by atomic mass is 10.0. The number of aromatic amines is 1. The van der Waals surface area contributed by atoms with Crippen LogP contribution in [0, 0.1) is 11.3 Å². The van der Waals surface area contributed by atoms with Gasteiger partial charge < -0.3 is 4.98 Å². The van der Waals surface area contributed by atoms with Crippen LogP contribution in [0.2, 0.25) is 0 Å². The molecule has 0 atom stereocenters. The highest BCUT2D eigenvalue weighted by molar-refractivity contribution is 5.78. The summed E-state index contributed by atoms with van der Waals surface area (Å²) in [6, 6.07) is 9.70. The van der Waals surface area contributed by atoms with E-state index < -0.39 is 0 Å². The molecular formula is C22H21N5O. The Morgan fingerprint density at radius 2 is 2.14 bits per heavy atom. The van der Waals surface area contributed by atoms with Crippen LogP contribution in [0.4, 0.5) is 0 Å². The van der Waals surface area contributed by atoms with Crippen LogP contribution in [0.25, 0.3) is 16.5 Å². The molecular weight excluding hydrogens is 350 g/mol. The molecule has 0 aliphatic carbocycles. The van der Waals surface area contributed by atoms with Gasteiger partial charge in [0.05, 0.1) is 22.5 Å². The van der Waals surface area contributed by atoms with Gasteiger partial charge in [0.2, 0.25) is 0 Å². The van der Waals surface area contributed by atoms with Gasteiger partial charge in [-0.15, -0.1) is 0 Å². The van der Waals surface area contributed by atoms with Gasteiger partial charge in [-0.2, -0.15) is 5.26 Å². The smallest absolute Gasteiger partial charge is 0.251 e. The Kier molecular flexibility index (Phi) is 5.00. The molecule has 140 valence electrons. The SMILES string of the molecule is CCc1cc2cnc(CN3CC=C(c4ccc(C#N)cn4)CC3)cc2[nH]c1=O. The molecule has 0 aromatic carbocycles. The molecule has 0 bridgehead atoms. The summed E-state index contributed by atoms with van der Waals surface area (Å²) in [7, 11) is 0. The van der Waals surface area contributed by atoms with Gasteiger partial charge in [0, 0.05) is 43.0 Å². The summed E-state index contributed by atoms with van der Waals surface area (Å²) in [5, 5.41) is 9.85. The van der Waals surface area contributed by atoms with Crippen LogP contribution >= 0.6 is 0 Å². The highest BCUT2D eigenvalue weighted by Crippen LogP contribution is 2.22. The minimum atomic E-state index is -0.0207. The minimum Gasteiger partial charge on any atom is -0.322 e. The predicted octanol–water partition coefficient (Wildman–Crippen LogP) is 3.04. The minimum absolute atomic E-state index is 0.0207. The van der Waals surface area contributed by atoms with Gasteiger partial charge in [0.1, 0.15) is 6.07 Å². The van der Waals surface area contributed by atoms with Gasteiger partial charge in [0.15, 0.2) is 0 Å². The van der Waals surface area contributed by atoms with Crippen molar-refractivity contribution in [2.24, 2.45) is 0 Å². The van der Waals surface area contributed by atoms with Gasteiger partial charge >= 0.3 is 0 Å². The molecule has 4 heterocycles. The number of nitrogens with zero attached hydrogens (tertiary/aromatic N) is 4. The molecule has 3 aromatic rings. The molecule has 3 aromatic heterocycles. The van der Waals surface area contributed by atoms with Crippen LogP contribution in [0.15, 0.2) is 47.5 Å². The Labute approximate surface area is 163 Å². The molecule has 28 heavy (non-hydrogen) atoms. The number of rotatable bonds is 4. The van der Waals surface area contributed by atoms with Gasteiger partial charge in [-0.3, -0.25) is 19.7 Å². The number of hydrogen-bond acceptors (Lipinski definition) is 5. The molecule has 1 aliphatic heterocycles. The lowest BCUT2D eigenvalue weighted by molar-refractivity contribution is 0.290. The first kappa shape index (κ1) is 18.1. The molecule has 1 aliphatic rings. The normalized spacial score (nSPS) is 14.6. The zero-order chi connectivity index (χ0) is 19.5. The second kappa shape index (κ2) is 7.75. The number of nitriles is 1. The fraction of sp³-hybridized carbons (Fsp3) is 0.273. The predicted molar refractivity (Wildman–Crippen MR) is 109 cm³/mol. The topological polar surface area (TPSA) is 85.7 Å². The summed E-state index contributed by atoms with van der Waals surface area (Å²) in [5.74, 6) is 0. The van der Waals surface area contributed by atoms with E-state index in [4.69, 9.17) is 5.26 Å². The van der Waals surface area contributed by atoms with Crippen molar-refractivity contribution in [3.63, 3.8) is 0 Å². The zero-order valence-electron chi connectivity index (χ0n) is 15.8. The van der Waals surface area contributed by atoms with E-state index in [-0.39, 0.29) is 5.56 Å². The summed E-state index contributed by atoms with van der Waals surface area (Å²) in [6.07, 6.45) is 7.26. The number of H-pyrrole nitrogens is 1. The average molecular weight is 371 g/mol. The maximum Gasteiger partial charge on any atom is 0.251 e. The van der Waals surface area contributed by atoms with Crippen LogP contribution in [0.1, 0.15) is 35.9 Å². The molecule has 0 saturated heterocycles. The third-order valence-electron chi connectivity index (χ3n) is 5.14. The Balaban J connectivity index is 1.47. The number of aromatic nitrogens is 3. The molecule has 6 heteroatoms. The van der Waals surface area contributed by atoms with E-state index in [1.165, 1.54) is 5.57 Å². The van der Waals surface area contributed by atoms with E-state index in [2.05, 4.69) is 32.0 Å². The van der Waals surface area contributed by atoms with E-state index in [0.29, 0.717) is 12.0 Å². The van der Waals surface area contributed by atoms with Crippen molar-refractivity contribution in [2.45, 2.75) is 26.3 Å². The Hall–Kier alpha value is -3.30. The van der Waals surface area contributed by atoms with E-state index in [0.717, 1.165) is 53.9 Å². The van der Waals surface area contributed by atoms with E-state index in [9.17, 15) is 4.79 Å². The lowest BCUT2D eigenvalue weighted by Crippen LogP contribution is -2.28. The lowest BCUT2D eigenvalue weighted by Gasteiger charge is -2.25. The van der Waals surface area contributed by atoms with Gasteiger partial charge in [-0.25, -0.2) is 0 Å². The Bertz CT molecular complexity index is 1140. The first-order valence-electron chi connectivity index (χ1n) is 9.45. The second-order valence-corrected chi connectivity index (χ2v) is 7.00. The number of nitrogens with one attached hydrogen (secondary N) is 1. The van der Waals surface area contributed by atoms with Crippen LogP contribution in [0.5, 0.6) is 0 Å². The summed E-state index contributed by atoms with van der Waals surface area (Å²) in [5.41, 5.74) is 5.27. The quantitative estimate of drug-likeness (QED) is 0.762. The summed E-state index contributed by atoms with van der Waals surface area (Å²) in [6.45, 7) is 4.45. The van der Waals surface area contributed by atoms with E-state index in [1.54, 1.807) is 12.3 Å². The van der Waals surface area contributed by atoms with Gasteiger partial charge in [-0.1, -0.05) is 13.0 Å². The molecule has 1 N–H and O–H groups in total. The molecule has 0 radical (unpaired) electrons. The van der Waals surface area contributed by atoms with Crippen molar-refractivity contribution < 1.29 is 0 Å². The number of hydrogen-bond donors (Lipinski definition) is 1. The number of aryl methyl sites for hydroxylation is 1. The molecule has 0 amide bonds. The van der Waals surface area contributed by atoms with Crippen LogP contribution in [-0.4, -0.2) is 32.9 Å². The fourth-order valence-electron chi connectivity index (χ4n) is 3.50. The summed E-state index contributed by atoms with van der Waals surface area (Å²) < 4.78 is 0. The van der Waals surface area contributed by atoms with E-state index in [1.807, 2.05) is 31.3 Å². The average Bonchev–Trinajstić information content (AvgIpc) is 2.74. The monoisotopic (exact) mass is 371 g/mol. The highest BCUT2D eigenvalue weighted by Gasteiger charge is 2.15. The zero-order valence-corrected chi connectivity index (χ0v) is 15.8. The van der Waals surface area contributed by atoms with Crippen LogP contribution in [-0.2, 0) is 13.0 Å². The molecule has 0 unspecified atom stereocenters. The molecule has 4 rings (SSSR count). The largest absolute Gasteiger partial charge is 0.322 e. The first-order chi connectivity index (χ1) is 13.7. The van der Waals surface area contributed by atoms with Crippen molar-refractivity contribution in [3.05, 3.63) is 75.6 Å². The molecule has 6 nitrogen and oxygen atoms in total. The summed E-state index contributed by atoms with van der Waals surface area (Å²) >= 11 is 0. The Morgan fingerprint density at radius 3 is 2.82 bits per heavy atom. The number of pyridine rings is 3. The van der Waals surface area contributed by atoms with Crippen molar-refractivity contribution in [1.82, 2.24) is 19.9 Å². The molecule has 0 saturated carbocycles. The highest BCUT2D eigenvalue weighted by atomic mass is 16.1. The molecule has 0 fully saturated rings. The third kappa shape index (κ3) is 3.71. The molecule has 0 spiro atoms. The van der Waals surface area contributed by atoms with Crippen molar-refractivity contribution in [2.75, 3.05) is 13.1 Å². The maximum atomic E-state index is 12.1. The summed E-state index contributed by atoms with van der Waals surface area (Å²) in [4.78, 5) is 26.3. The van der Waals surface area contributed by atoms with Crippen LogP contribution < -0.4 is 5.56 Å². The fourth-order valence-corrected chi connectivity index (χ4v) is 3.50. The Morgan fingerprint density at radius 1 is 1.25 bits per heavy atom. The number of fused-ring (bicyclic) bond motifs is 1. The first-order valence-corrected chi connectivity index (χ1v) is 9.45. The maximum absolute atomic E-state index is 12.1. The van der Waals surface area contributed by atoms with Crippen molar-refractivity contribution in [1.29, 1.82) is 5.26 Å². The van der Waals surface area contributed by atoms with Crippen LogP contribution in [0.3, 0.4) is 0 Å².